The molecule has 1 atom stereocenters. The first-order chi connectivity index (χ1) is 13.3. The Morgan fingerprint density at radius 1 is 1.15 bits per heavy atom. The van der Waals surface area contributed by atoms with E-state index in [-0.39, 0.29) is 0 Å². The van der Waals surface area contributed by atoms with Gasteiger partial charge in [0.05, 0.1) is 32.0 Å². The Balaban J connectivity index is 1.63. The van der Waals surface area contributed by atoms with Crippen LogP contribution in [-0.4, -0.2) is 89.4 Å². The molecule has 27 heavy (non-hydrogen) atoms. The lowest BCUT2D eigenvalue weighted by Crippen LogP contribution is -2.47. The Bertz CT molecular complexity index is 395. The summed E-state index contributed by atoms with van der Waals surface area (Å²) in [5.41, 5.74) is 0. The van der Waals surface area contributed by atoms with Crippen LogP contribution in [-0.2, 0) is 18.9 Å². The predicted octanol–water partition coefficient (Wildman–Crippen LogP) is 2.06. The van der Waals surface area contributed by atoms with Crippen LogP contribution in [0.1, 0.15) is 45.4 Å². The molecule has 2 rings (SSSR count). The van der Waals surface area contributed by atoms with E-state index in [0.717, 1.165) is 77.6 Å². The van der Waals surface area contributed by atoms with Crippen molar-refractivity contribution in [2.45, 2.75) is 57.7 Å². The smallest absolute Gasteiger partial charge is 0.193 e. The minimum Gasteiger partial charge on any atom is -0.382 e. The molecule has 0 radical (unpaired) electrons. The Morgan fingerprint density at radius 3 is 2.70 bits per heavy atom. The van der Waals surface area contributed by atoms with E-state index in [2.05, 4.69) is 17.1 Å². The number of hydrogen-bond acceptors (Lipinski definition) is 5. The van der Waals surface area contributed by atoms with E-state index >= 15 is 0 Å². The first kappa shape index (κ1) is 22.4. The number of rotatable bonds is 11. The highest BCUT2D eigenvalue weighted by molar-refractivity contribution is 5.80. The zero-order valence-electron chi connectivity index (χ0n) is 17.3. The van der Waals surface area contributed by atoms with Crippen molar-refractivity contribution in [2.75, 3.05) is 66.3 Å². The van der Waals surface area contributed by atoms with Gasteiger partial charge < -0.3 is 29.2 Å². The molecule has 0 aromatic heterocycles. The summed E-state index contributed by atoms with van der Waals surface area (Å²) in [4.78, 5) is 7.11. The normalized spacial score (nSPS) is 22.2. The molecule has 0 saturated carbocycles. The summed E-state index contributed by atoms with van der Waals surface area (Å²) >= 11 is 0. The van der Waals surface area contributed by atoms with Crippen LogP contribution in [0.3, 0.4) is 0 Å². The van der Waals surface area contributed by atoms with Gasteiger partial charge in [0, 0.05) is 46.5 Å². The fraction of sp³-hybridized carbons (Fsp3) is 0.950. The van der Waals surface area contributed by atoms with E-state index in [1.807, 2.05) is 0 Å². The number of guanidine groups is 1. The lowest BCUT2D eigenvalue weighted by Gasteiger charge is -2.35. The van der Waals surface area contributed by atoms with Crippen molar-refractivity contribution in [3.63, 3.8) is 0 Å². The molecule has 0 spiro atoms. The second kappa shape index (κ2) is 14.2. The minimum atomic E-state index is 0.307. The molecule has 0 bridgehead atoms. The fourth-order valence-electron chi connectivity index (χ4n) is 3.44. The van der Waals surface area contributed by atoms with Gasteiger partial charge in [-0.25, -0.2) is 0 Å². The number of aliphatic imine (C=N–C) groups is 1. The highest BCUT2D eigenvalue weighted by Gasteiger charge is 2.23. The quantitative estimate of drug-likeness (QED) is 0.334. The molecule has 0 aromatic rings. The number of ether oxygens (including phenoxy) is 4. The zero-order chi connectivity index (χ0) is 19.2. The van der Waals surface area contributed by atoms with Gasteiger partial charge in [-0.05, 0) is 45.4 Å². The standard InChI is InChI=1S/C20H39N3O4/c1-3-21-20(22-10-6-13-25-16-15-24-2)23-11-8-18(9-12-23)27-17-19-7-4-5-14-26-19/h18-19H,3-17H2,1-2H3,(H,21,22). The Labute approximate surface area is 164 Å². The Hall–Kier alpha value is -0.890. The Kier molecular flexibility index (Phi) is 11.7. The largest absolute Gasteiger partial charge is 0.382 e. The average Bonchev–Trinajstić information content (AvgIpc) is 2.72. The van der Waals surface area contributed by atoms with Crippen LogP contribution in [0.2, 0.25) is 0 Å². The summed E-state index contributed by atoms with van der Waals surface area (Å²) in [6.45, 7) is 9.45. The van der Waals surface area contributed by atoms with E-state index in [9.17, 15) is 0 Å². The molecule has 7 nitrogen and oxygen atoms in total. The molecule has 2 aliphatic heterocycles. The van der Waals surface area contributed by atoms with Crippen molar-refractivity contribution in [1.82, 2.24) is 10.2 Å². The summed E-state index contributed by atoms with van der Waals surface area (Å²) in [6.07, 6.45) is 7.30. The fourth-order valence-corrected chi connectivity index (χ4v) is 3.44. The van der Waals surface area contributed by atoms with Gasteiger partial charge in [-0.1, -0.05) is 0 Å². The number of nitrogens with zero attached hydrogens (tertiary/aromatic N) is 2. The topological polar surface area (TPSA) is 64.6 Å². The summed E-state index contributed by atoms with van der Waals surface area (Å²) in [7, 11) is 1.69. The van der Waals surface area contributed by atoms with Crippen molar-refractivity contribution in [3.8, 4) is 0 Å². The number of likely N-dealkylation sites (tertiary alicyclic amines) is 1. The Morgan fingerprint density at radius 2 is 2.00 bits per heavy atom. The number of hydrogen-bond donors (Lipinski definition) is 1. The van der Waals surface area contributed by atoms with Gasteiger partial charge in [0.1, 0.15) is 0 Å². The second-order valence-corrected chi connectivity index (χ2v) is 7.20. The van der Waals surface area contributed by atoms with Gasteiger partial charge in [0.2, 0.25) is 0 Å². The zero-order valence-corrected chi connectivity index (χ0v) is 17.3. The van der Waals surface area contributed by atoms with Crippen LogP contribution in [0, 0.1) is 0 Å². The third-order valence-electron chi connectivity index (χ3n) is 5.01. The van der Waals surface area contributed by atoms with Crippen molar-refractivity contribution in [2.24, 2.45) is 4.99 Å². The van der Waals surface area contributed by atoms with E-state index < -0.39 is 0 Å². The first-order valence-corrected chi connectivity index (χ1v) is 10.7. The number of methoxy groups -OCH3 is 1. The highest BCUT2D eigenvalue weighted by Crippen LogP contribution is 2.18. The number of piperidine rings is 1. The third-order valence-corrected chi connectivity index (χ3v) is 5.01. The first-order valence-electron chi connectivity index (χ1n) is 10.7. The molecule has 158 valence electrons. The van der Waals surface area contributed by atoms with Gasteiger partial charge in [0.15, 0.2) is 5.96 Å². The van der Waals surface area contributed by atoms with Gasteiger partial charge in [-0.3, -0.25) is 4.99 Å². The average molecular weight is 386 g/mol. The molecule has 7 heteroatoms. The maximum absolute atomic E-state index is 6.12. The van der Waals surface area contributed by atoms with Crippen LogP contribution < -0.4 is 5.32 Å². The van der Waals surface area contributed by atoms with Crippen LogP contribution in [0.25, 0.3) is 0 Å². The molecule has 2 heterocycles. The SMILES string of the molecule is CCNC(=NCCCOCCOC)N1CCC(OCC2CCCCO2)CC1. The maximum Gasteiger partial charge on any atom is 0.193 e. The molecule has 0 aliphatic carbocycles. The van der Waals surface area contributed by atoms with Gasteiger partial charge in [0.25, 0.3) is 0 Å². The maximum atomic E-state index is 6.12. The van der Waals surface area contributed by atoms with Crippen LogP contribution in [0.5, 0.6) is 0 Å². The van der Waals surface area contributed by atoms with Crippen LogP contribution in [0.15, 0.2) is 4.99 Å². The monoisotopic (exact) mass is 385 g/mol. The molecule has 2 saturated heterocycles. The van der Waals surface area contributed by atoms with Crippen LogP contribution in [0.4, 0.5) is 0 Å². The van der Waals surface area contributed by atoms with E-state index in [4.69, 9.17) is 23.9 Å². The molecule has 1 unspecified atom stereocenters. The second-order valence-electron chi connectivity index (χ2n) is 7.20. The van der Waals surface area contributed by atoms with Crippen LogP contribution >= 0.6 is 0 Å². The molecular formula is C20H39N3O4. The molecule has 0 amide bonds. The summed E-state index contributed by atoms with van der Waals surface area (Å²) in [5.74, 6) is 1.02. The van der Waals surface area contributed by atoms with E-state index in [1.165, 1.54) is 12.8 Å². The minimum absolute atomic E-state index is 0.307. The summed E-state index contributed by atoms with van der Waals surface area (Å²) < 4.78 is 22.4. The lowest BCUT2D eigenvalue weighted by molar-refractivity contribution is -0.0721. The van der Waals surface area contributed by atoms with Crippen molar-refractivity contribution in [3.05, 3.63) is 0 Å². The molecule has 0 aromatic carbocycles. The molecule has 2 fully saturated rings. The summed E-state index contributed by atoms with van der Waals surface area (Å²) in [6, 6.07) is 0. The number of nitrogens with one attached hydrogen (secondary N) is 1. The van der Waals surface area contributed by atoms with Crippen molar-refractivity contribution in [1.29, 1.82) is 0 Å². The van der Waals surface area contributed by atoms with E-state index in [0.29, 0.717) is 25.4 Å². The molecule has 1 N–H and O–H groups in total. The highest BCUT2D eigenvalue weighted by atomic mass is 16.5. The third kappa shape index (κ3) is 9.23. The summed E-state index contributed by atoms with van der Waals surface area (Å²) in [5, 5.41) is 3.42. The lowest BCUT2D eigenvalue weighted by atomic mass is 10.1. The van der Waals surface area contributed by atoms with Gasteiger partial charge in [-0.15, -0.1) is 0 Å². The molecule has 2 aliphatic rings. The van der Waals surface area contributed by atoms with Gasteiger partial charge >= 0.3 is 0 Å². The van der Waals surface area contributed by atoms with Crippen molar-refractivity contribution >= 4 is 5.96 Å². The predicted molar refractivity (Wildman–Crippen MR) is 107 cm³/mol. The van der Waals surface area contributed by atoms with E-state index in [1.54, 1.807) is 7.11 Å². The van der Waals surface area contributed by atoms with Crippen molar-refractivity contribution < 1.29 is 18.9 Å². The molecular weight excluding hydrogens is 346 g/mol. The van der Waals surface area contributed by atoms with Gasteiger partial charge in [-0.2, -0.15) is 0 Å².